The molecule has 2 nitrogen and oxygen atoms in total. The number of halogens is 1. The van der Waals surface area contributed by atoms with Crippen LogP contribution in [0.4, 0.5) is 0 Å². The van der Waals surface area contributed by atoms with E-state index in [2.05, 4.69) is 0 Å². The molecule has 1 atom stereocenters. The molecule has 4 heteroatoms. The van der Waals surface area contributed by atoms with Gasteiger partial charge in [0.15, 0.2) is 0 Å². The Labute approximate surface area is 105 Å². The van der Waals surface area contributed by atoms with Gasteiger partial charge in [0.05, 0.1) is 0 Å². The van der Waals surface area contributed by atoms with Crippen molar-refractivity contribution in [2.45, 2.75) is 30.9 Å². The maximum Gasteiger partial charge on any atom is 0.317 e. The fourth-order valence-electron chi connectivity index (χ4n) is 1.31. The number of carbonyl (C=O) groups is 1. The third-order valence-corrected chi connectivity index (χ3v) is 4.19. The Morgan fingerprint density at radius 2 is 2.06 bits per heavy atom. The third kappa shape index (κ3) is 3.42. The minimum Gasteiger partial charge on any atom is -0.480 e. The molecule has 0 saturated carbocycles. The number of aliphatic carboxylic acids is 1. The fourth-order valence-corrected chi connectivity index (χ4v) is 2.48. The lowest BCUT2D eigenvalue weighted by Crippen LogP contribution is -2.22. The van der Waals surface area contributed by atoms with E-state index < -0.39 is 11.2 Å². The van der Waals surface area contributed by atoms with Gasteiger partial charge in [-0.3, -0.25) is 4.79 Å². The Morgan fingerprint density at radius 3 is 2.50 bits per heavy atom. The summed E-state index contributed by atoms with van der Waals surface area (Å²) in [5.74, 6) is -0.675. The molecule has 1 rings (SSSR count). The van der Waals surface area contributed by atoms with Crippen molar-refractivity contribution in [2.24, 2.45) is 5.92 Å². The minimum absolute atomic E-state index is 0.0958. The summed E-state index contributed by atoms with van der Waals surface area (Å²) < 4.78 is 0. The highest BCUT2D eigenvalue weighted by atomic mass is 35.5. The van der Waals surface area contributed by atoms with Crippen molar-refractivity contribution >= 4 is 29.3 Å². The number of hydrogen-bond donors (Lipinski definition) is 1. The van der Waals surface area contributed by atoms with E-state index in [-0.39, 0.29) is 5.92 Å². The van der Waals surface area contributed by atoms with Crippen LogP contribution in [0.15, 0.2) is 23.1 Å². The van der Waals surface area contributed by atoms with Crippen LogP contribution in [0.25, 0.3) is 0 Å². The highest BCUT2D eigenvalue weighted by molar-refractivity contribution is 8.00. The van der Waals surface area contributed by atoms with Gasteiger partial charge in [-0.05, 0) is 36.6 Å². The topological polar surface area (TPSA) is 37.3 Å². The zero-order valence-electron chi connectivity index (χ0n) is 9.53. The van der Waals surface area contributed by atoms with Crippen molar-refractivity contribution < 1.29 is 9.90 Å². The van der Waals surface area contributed by atoms with Crippen LogP contribution in [0.2, 0.25) is 5.02 Å². The number of carboxylic acid groups (broad SMARTS) is 1. The van der Waals surface area contributed by atoms with Crippen molar-refractivity contribution in [3.63, 3.8) is 0 Å². The predicted octanol–water partition coefficient (Wildman–Crippen LogP) is 3.85. The summed E-state index contributed by atoms with van der Waals surface area (Å²) >= 11 is 7.29. The molecule has 1 N–H and O–H groups in total. The zero-order chi connectivity index (χ0) is 12.3. The molecule has 0 heterocycles. The Hall–Kier alpha value is -0.670. The van der Waals surface area contributed by atoms with E-state index in [1.54, 1.807) is 6.07 Å². The molecule has 0 aliphatic carbocycles. The summed E-state index contributed by atoms with van der Waals surface area (Å²) in [5.41, 5.74) is 0.972. The molecule has 1 unspecified atom stereocenters. The molecule has 0 amide bonds. The van der Waals surface area contributed by atoms with Crippen molar-refractivity contribution in [2.75, 3.05) is 0 Å². The smallest absolute Gasteiger partial charge is 0.317 e. The lowest BCUT2D eigenvalue weighted by molar-refractivity contribution is -0.137. The average Bonchev–Trinajstić information content (AvgIpc) is 2.18. The Kier molecular flexibility index (Phi) is 4.69. The summed E-state index contributed by atoms with van der Waals surface area (Å²) in [5, 5.41) is 9.37. The molecule has 0 saturated heterocycles. The number of carboxylic acids is 1. The van der Waals surface area contributed by atoms with Gasteiger partial charge in [-0.15, -0.1) is 11.8 Å². The van der Waals surface area contributed by atoms with Crippen LogP contribution in [0, 0.1) is 12.8 Å². The second kappa shape index (κ2) is 5.60. The Bertz CT molecular complexity index is 391. The van der Waals surface area contributed by atoms with E-state index in [0.717, 1.165) is 10.5 Å². The van der Waals surface area contributed by atoms with E-state index in [1.807, 2.05) is 32.9 Å². The van der Waals surface area contributed by atoms with Crippen LogP contribution in [-0.2, 0) is 4.79 Å². The van der Waals surface area contributed by atoms with Crippen LogP contribution in [0.3, 0.4) is 0 Å². The molecular formula is C12H15ClO2S. The number of benzene rings is 1. The van der Waals surface area contributed by atoms with Gasteiger partial charge in [0.25, 0.3) is 0 Å². The van der Waals surface area contributed by atoms with Crippen LogP contribution in [-0.4, -0.2) is 16.3 Å². The number of aryl methyl sites for hydroxylation is 1. The normalized spacial score (nSPS) is 12.8. The second-order valence-electron chi connectivity index (χ2n) is 4.03. The summed E-state index contributed by atoms with van der Waals surface area (Å²) in [6.07, 6.45) is 0. The number of rotatable bonds is 4. The molecule has 0 bridgehead atoms. The average molecular weight is 259 g/mol. The maximum absolute atomic E-state index is 11.1. The second-order valence-corrected chi connectivity index (χ2v) is 5.65. The van der Waals surface area contributed by atoms with Crippen molar-refractivity contribution in [3.8, 4) is 0 Å². The molecule has 0 aromatic heterocycles. The first-order valence-electron chi connectivity index (χ1n) is 5.07. The third-order valence-electron chi connectivity index (χ3n) is 2.24. The van der Waals surface area contributed by atoms with Crippen LogP contribution >= 0.6 is 23.4 Å². The molecule has 88 valence electrons. The maximum atomic E-state index is 11.1. The van der Waals surface area contributed by atoms with Gasteiger partial charge in [-0.25, -0.2) is 0 Å². The van der Waals surface area contributed by atoms with E-state index in [1.165, 1.54) is 11.8 Å². The predicted molar refractivity (Wildman–Crippen MR) is 68.3 cm³/mol. The highest BCUT2D eigenvalue weighted by Crippen LogP contribution is 2.30. The molecule has 0 fully saturated rings. The van der Waals surface area contributed by atoms with Crippen LogP contribution < -0.4 is 0 Å². The molecule has 0 spiro atoms. The summed E-state index contributed by atoms with van der Waals surface area (Å²) in [7, 11) is 0. The standard InChI is InChI=1S/C12H15ClO2S/c1-7(2)11(12(14)15)16-9-4-5-10(13)8(3)6-9/h4-7,11H,1-3H3,(H,14,15). The van der Waals surface area contributed by atoms with Crippen molar-refractivity contribution in [1.82, 2.24) is 0 Å². The summed E-state index contributed by atoms with van der Waals surface area (Å²) in [4.78, 5) is 12.0. The Balaban J connectivity index is 2.86. The lowest BCUT2D eigenvalue weighted by atomic mass is 10.1. The van der Waals surface area contributed by atoms with E-state index in [4.69, 9.17) is 16.7 Å². The number of hydrogen-bond acceptors (Lipinski definition) is 2. The van der Waals surface area contributed by atoms with Gasteiger partial charge >= 0.3 is 5.97 Å². The van der Waals surface area contributed by atoms with Gasteiger partial charge in [-0.1, -0.05) is 25.4 Å². The van der Waals surface area contributed by atoms with Crippen LogP contribution in [0.1, 0.15) is 19.4 Å². The van der Waals surface area contributed by atoms with Gasteiger partial charge in [0.2, 0.25) is 0 Å². The molecular weight excluding hydrogens is 244 g/mol. The van der Waals surface area contributed by atoms with Gasteiger partial charge in [-0.2, -0.15) is 0 Å². The molecule has 0 aliphatic rings. The first kappa shape index (κ1) is 13.4. The number of thioether (sulfide) groups is 1. The highest BCUT2D eigenvalue weighted by Gasteiger charge is 2.22. The molecule has 0 aliphatic heterocycles. The Morgan fingerprint density at radius 1 is 1.44 bits per heavy atom. The van der Waals surface area contributed by atoms with Gasteiger partial charge in [0.1, 0.15) is 5.25 Å². The first-order chi connectivity index (χ1) is 7.41. The van der Waals surface area contributed by atoms with Crippen molar-refractivity contribution in [3.05, 3.63) is 28.8 Å². The summed E-state index contributed by atoms with van der Waals surface area (Å²) in [6, 6.07) is 5.59. The van der Waals surface area contributed by atoms with Gasteiger partial charge < -0.3 is 5.11 Å². The van der Waals surface area contributed by atoms with E-state index in [9.17, 15) is 4.79 Å². The SMILES string of the molecule is Cc1cc(SC(C(=O)O)C(C)C)ccc1Cl. The molecule has 16 heavy (non-hydrogen) atoms. The quantitative estimate of drug-likeness (QED) is 0.834. The van der Waals surface area contributed by atoms with E-state index in [0.29, 0.717) is 5.02 Å². The van der Waals surface area contributed by atoms with Crippen LogP contribution in [0.5, 0.6) is 0 Å². The first-order valence-corrected chi connectivity index (χ1v) is 6.33. The molecule has 0 radical (unpaired) electrons. The zero-order valence-corrected chi connectivity index (χ0v) is 11.1. The fraction of sp³-hybridized carbons (Fsp3) is 0.417. The molecule has 1 aromatic rings. The minimum atomic E-state index is -0.771. The summed E-state index contributed by atoms with van der Waals surface area (Å²) in [6.45, 7) is 5.74. The largest absolute Gasteiger partial charge is 0.480 e. The molecule has 1 aromatic carbocycles. The monoisotopic (exact) mass is 258 g/mol. The lowest BCUT2D eigenvalue weighted by Gasteiger charge is -2.15. The van der Waals surface area contributed by atoms with E-state index >= 15 is 0 Å². The van der Waals surface area contributed by atoms with Gasteiger partial charge in [0, 0.05) is 9.92 Å². The van der Waals surface area contributed by atoms with Crippen molar-refractivity contribution in [1.29, 1.82) is 0 Å².